The van der Waals surface area contributed by atoms with E-state index in [2.05, 4.69) is 0 Å². The molecule has 6 nitrogen and oxygen atoms in total. The van der Waals surface area contributed by atoms with Gasteiger partial charge in [-0.2, -0.15) is 0 Å². The van der Waals surface area contributed by atoms with Crippen LogP contribution in [0.4, 0.5) is 4.79 Å². The molecule has 1 N–H and O–H groups in total. The number of nitrogens with zero attached hydrogens (tertiary/aromatic N) is 1. The van der Waals surface area contributed by atoms with E-state index in [1.54, 1.807) is 27.7 Å². The average molecular weight is 287 g/mol. The fraction of sp³-hybridized carbons (Fsp3) is 0.857. The van der Waals surface area contributed by atoms with E-state index in [1.165, 1.54) is 7.05 Å². The molecule has 0 radical (unpaired) electrons. The minimum Gasteiger partial charge on any atom is -0.480 e. The minimum atomic E-state index is -1.10. The molecule has 1 rings (SSSR count). The van der Waals surface area contributed by atoms with Crippen molar-refractivity contribution in [2.75, 3.05) is 13.7 Å². The van der Waals surface area contributed by atoms with E-state index in [0.29, 0.717) is 12.5 Å². The van der Waals surface area contributed by atoms with Gasteiger partial charge in [0, 0.05) is 13.7 Å². The Balaban J connectivity index is 2.62. The molecule has 0 spiro atoms. The standard InChI is InChI=1S/C14H25NO5/c1-9(19-8-10-6-7-10)11(12(16)17)15(5)13(18)20-14(2,3)4/h9-11H,6-8H2,1-5H3,(H,16,17)/t9-,11+/m1/s1. The normalized spacial score (nSPS) is 18.2. The number of likely N-dealkylation sites (N-methyl/N-ethyl adjacent to an activating group) is 1. The van der Waals surface area contributed by atoms with Gasteiger partial charge in [0.05, 0.1) is 6.10 Å². The molecule has 1 aliphatic carbocycles. The third-order valence-corrected chi connectivity index (χ3v) is 3.09. The van der Waals surface area contributed by atoms with Crippen LogP contribution in [0.3, 0.4) is 0 Å². The van der Waals surface area contributed by atoms with Gasteiger partial charge in [0.15, 0.2) is 6.04 Å². The highest BCUT2D eigenvalue weighted by Crippen LogP contribution is 2.29. The van der Waals surface area contributed by atoms with Gasteiger partial charge < -0.3 is 14.6 Å². The van der Waals surface area contributed by atoms with Crippen molar-refractivity contribution in [3.8, 4) is 0 Å². The van der Waals surface area contributed by atoms with Gasteiger partial charge in [0.2, 0.25) is 0 Å². The van der Waals surface area contributed by atoms with Crippen molar-refractivity contribution < 1.29 is 24.2 Å². The lowest BCUT2D eigenvalue weighted by Crippen LogP contribution is -2.51. The SMILES string of the molecule is C[C@@H](OCC1CC1)[C@@H](C(=O)O)N(C)C(=O)OC(C)(C)C. The number of aliphatic carboxylic acids is 1. The maximum absolute atomic E-state index is 11.9. The maximum atomic E-state index is 11.9. The zero-order valence-electron chi connectivity index (χ0n) is 12.9. The number of carboxylic acids is 1. The number of hydrogen-bond acceptors (Lipinski definition) is 4. The highest BCUT2D eigenvalue weighted by atomic mass is 16.6. The molecule has 0 aliphatic heterocycles. The summed E-state index contributed by atoms with van der Waals surface area (Å²) in [6, 6.07) is -1.05. The van der Waals surface area contributed by atoms with E-state index in [9.17, 15) is 14.7 Å². The van der Waals surface area contributed by atoms with Crippen LogP contribution in [0.5, 0.6) is 0 Å². The number of amides is 1. The Morgan fingerprint density at radius 3 is 2.30 bits per heavy atom. The highest BCUT2D eigenvalue weighted by Gasteiger charge is 2.35. The van der Waals surface area contributed by atoms with Gasteiger partial charge in [-0.05, 0) is 46.5 Å². The predicted octanol–water partition coefficient (Wildman–Crippen LogP) is 2.12. The molecule has 0 aromatic carbocycles. The van der Waals surface area contributed by atoms with Crippen LogP contribution in [-0.2, 0) is 14.3 Å². The molecule has 1 fully saturated rings. The molecule has 1 aliphatic rings. The fourth-order valence-corrected chi connectivity index (χ4v) is 1.79. The molecule has 20 heavy (non-hydrogen) atoms. The maximum Gasteiger partial charge on any atom is 0.410 e. The third kappa shape index (κ3) is 5.36. The molecule has 0 saturated heterocycles. The van der Waals surface area contributed by atoms with Gasteiger partial charge in [-0.3, -0.25) is 4.90 Å². The molecule has 0 aromatic rings. The van der Waals surface area contributed by atoms with Crippen LogP contribution in [0.1, 0.15) is 40.5 Å². The Morgan fingerprint density at radius 2 is 1.90 bits per heavy atom. The molecule has 0 bridgehead atoms. The first-order valence-electron chi connectivity index (χ1n) is 6.92. The Bertz CT molecular complexity index is 359. The van der Waals surface area contributed by atoms with Gasteiger partial charge in [-0.15, -0.1) is 0 Å². The van der Waals surface area contributed by atoms with Crippen molar-refractivity contribution in [2.24, 2.45) is 5.92 Å². The van der Waals surface area contributed by atoms with E-state index in [0.717, 1.165) is 17.7 Å². The Hall–Kier alpha value is -1.30. The van der Waals surface area contributed by atoms with Crippen LogP contribution in [0.15, 0.2) is 0 Å². The lowest BCUT2D eigenvalue weighted by molar-refractivity contribution is -0.148. The number of rotatable bonds is 6. The van der Waals surface area contributed by atoms with E-state index in [1.807, 2.05) is 0 Å². The largest absolute Gasteiger partial charge is 0.480 e. The first kappa shape index (κ1) is 16.8. The summed E-state index contributed by atoms with van der Waals surface area (Å²) in [5.74, 6) is -0.555. The van der Waals surface area contributed by atoms with Crippen LogP contribution >= 0.6 is 0 Å². The summed E-state index contributed by atoms with van der Waals surface area (Å²) in [6.45, 7) is 7.43. The minimum absolute atomic E-state index is 0.540. The lowest BCUT2D eigenvalue weighted by atomic mass is 10.1. The molecule has 6 heteroatoms. The van der Waals surface area contributed by atoms with Crippen molar-refractivity contribution in [3.63, 3.8) is 0 Å². The average Bonchev–Trinajstić information content (AvgIpc) is 3.07. The zero-order valence-corrected chi connectivity index (χ0v) is 12.9. The van der Waals surface area contributed by atoms with Gasteiger partial charge in [0.25, 0.3) is 0 Å². The monoisotopic (exact) mass is 287 g/mol. The first-order valence-corrected chi connectivity index (χ1v) is 6.92. The van der Waals surface area contributed by atoms with Gasteiger partial charge in [0.1, 0.15) is 5.60 Å². The quantitative estimate of drug-likeness (QED) is 0.809. The summed E-state index contributed by atoms with van der Waals surface area (Å²) >= 11 is 0. The summed E-state index contributed by atoms with van der Waals surface area (Å²) in [7, 11) is 1.42. The summed E-state index contributed by atoms with van der Waals surface area (Å²) in [5.41, 5.74) is -0.660. The van der Waals surface area contributed by atoms with Crippen molar-refractivity contribution in [2.45, 2.75) is 58.3 Å². The van der Waals surface area contributed by atoms with E-state index < -0.39 is 29.8 Å². The summed E-state index contributed by atoms with van der Waals surface area (Å²) in [5, 5.41) is 9.31. The summed E-state index contributed by atoms with van der Waals surface area (Å²) in [4.78, 5) is 24.4. The van der Waals surface area contributed by atoms with E-state index in [4.69, 9.17) is 9.47 Å². The third-order valence-electron chi connectivity index (χ3n) is 3.09. The van der Waals surface area contributed by atoms with Crippen LogP contribution in [0, 0.1) is 5.92 Å². The summed E-state index contributed by atoms with van der Waals surface area (Å²) in [6.07, 6.45) is 1.02. The van der Waals surface area contributed by atoms with Crippen molar-refractivity contribution in [3.05, 3.63) is 0 Å². The first-order chi connectivity index (χ1) is 9.11. The van der Waals surface area contributed by atoms with Crippen molar-refractivity contribution in [1.29, 1.82) is 0 Å². The molecule has 1 amide bonds. The molecular weight excluding hydrogens is 262 g/mol. The van der Waals surface area contributed by atoms with Crippen molar-refractivity contribution in [1.82, 2.24) is 4.90 Å². The molecule has 0 heterocycles. The molecule has 1 saturated carbocycles. The second kappa shape index (κ2) is 6.43. The zero-order chi connectivity index (χ0) is 15.5. The van der Waals surface area contributed by atoms with E-state index in [-0.39, 0.29) is 0 Å². The molecule has 0 aromatic heterocycles. The Labute approximate surface area is 120 Å². The number of carboxylic acid groups (broad SMARTS) is 1. The molecule has 2 atom stereocenters. The Morgan fingerprint density at radius 1 is 1.35 bits per heavy atom. The van der Waals surface area contributed by atoms with Crippen LogP contribution in [-0.4, -0.2) is 53.5 Å². The Kier molecular flexibility index (Phi) is 5.39. The summed E-state index contributed by atoms with van der Waals surface area (Å²) < 4.78 is 10.7. The smallest absolute Gasteiger partial charge is 0.410 e. The van der Waals surface area contributed by atoms with Crippen LogP contribution in [0.2, 0.25) is 0 Å². The van der Waals surface area contributed by atoms with Crippen molar-refractivity contribution >= 4 is 12.1 Å². The van der Waals surface area contributed by atoms with Gasteiger partial charge >= 0.3 is 12.1 Å². The van der Waals surface area contributed by atoms with Gasteiger partial charge in [-0.25, -0.2) is 9.59 Å². The number of carbonyl (C=O) groups excluding carboxylic acids is 1. The van der Waals surface area contributed by atoms with Crippen LogP contribution < -0.4 is 0 Å². The molecular formula is C14H25NO5. The second-order valence-electron chi connectivity index (χ2n) is 6.36. The molecule has 0 unspecified atom stereocenters. The predicted molar refractivity (Wildman–Crippen MR) is 73.6 cm³/mol. The fourth-order valence-electron chi connectivity index (χ4n) is 1.79. The van der Waals surface area contributed by atoms with Gasteiger partial charge in [-0.1, -0.05) is 0 Å². The number of ether oxygens (including phenoxy) is 2. The van der Waals surface area contributed by atoms with Crippen LogP contribution in [0.25, 0.3) is 0 Å². The highest BCUT2D eigenvalue weighted by molar-refractivity contribution is 5.80. The number of hydrogen-bond donors (Lipinski definition) is 1. The second-order valence-corrected chi connectivity index (χ2v) is 6.36. The topological polar surface area (TPSA) is 76.1 Å². The lowest BCUT2D eigenvalue weighted by Gasteiger charge is -2.31. The number of carbonyl (C=O) groups is 2. The van der Waals surface area contributed by atoms with E-state index >= 15 is 0 Å². The molecule has 116 valence electrons.